The maximum atomic E-state index is 12.2. The summed E-state index contributed by atoms with van der Waals surface area (Å²) in [6, 6.07) is 0.0196. The van der Waals surface area contributed by atoms with Crippen LogP contribution in [0.3, 0.4) is 0 Å². The van der Waals surface area contributed by atoms with Crippen LogP contribution in [-0.4, -0.2) is 28.8 Å². The summed E-state index contributed by atoms with van der Waals surface area (Å²) in [5.74, 6) is -2.29. The summed E-state index contributed by atoms with van der Waals surface area (Å²) in [7, 11) is 0. The highest BCUT2D eigenvalue weighted by Gasteiger charge is 2.66. The highest BCUT2D eigenvalue weighted by molar-refractivity contribution is 7.12. The minimum Gasteiger partial charge on any atom is -0.312 e. The molecule has 2 heterocycles. The largest absolute Gasteiger partial charge is 0.471 e. The molecule has 84 valence electrons. The SMILES string of the molecule is O=C1c2sccc2[C@H]2[C@@H]1N2C(=O)C(F)(F)F. The second-order valence-corrected chi connectivity index (χ2v) is 4.59. The van der Waals surface area contributed by atoms with Crippen molar-refractivity contribution in [2.75, 3.05) is 0 Å². The molecule has 1 aliphatic heterocycles. The maximum Gasteiger partial charge on any atom is 0.471 e. The third kappa shape index (κ3) is 1.03. The Balaban J connectivity index is 1.93. The molecule has 1 saturated heterocycles. The van der Waals surface area contributed by atoms with Crippen molar-refractivity contribution in [3.63, 3.8) is 0 Å². The van der Waals surface area contributed by atoms with E-state index < -0.39 is 24.2 Å². The van der Waals surface area contributed by atoms with Gasteiger partial charge in [-0.2, -0.15) is 13.2 Å². The number of thiophene rings is 1. The number of ketones is 1. The van der Waals surface area contributed by atoms with Gasteiger partial charge in [0.15, 0.2) is 5.78 Å². The predicted molar refractivity (Wildman–Crippen MR) is 48.1 cm³/mol. The van der Waals surface area contributed by atoms with Crippen LogP contribution in [0.5, 0.6) is 0 Å². The normalized spacial score (nSPS) is 26.7. The molecule has 0 radical (unpaired) electrons. The fraction of sp³-hybridized carbons (Fsp3) is 0.333. The van der Waals surface area contributed by atoms with Crippen molar-refractivity contribution >= 4 is 23.0 Å². The average Bonchev–Trinajstić information content (AvgIpc) is 2.57. The number of carbonyl (C=O) groups excluding carboxylic acids is 2. The average molecular weight is 247 g/mol. The maximum absolute atomic E-state index is 12.2. The number of Topliss-reactive ketones (excluding diaryl/α,β-unsaturated/α-hetero) is 1. The van der Waals surface area contributed by atoms with Crippen molar-refractivity contribution in [1.29, 1.82) is 0 Å². The number of carbonyl (C=O) groups is 2. The van der Waals surface area contributed by atoms with Gasteiger partial charge in [-0.15, -0.1) is 11.3 Å². The molecule has 0 spiro atoms. The second kappa shape index (κ2) is 2.65. The molecule has 1 aliphatic carbocycles. The molecule has 0 unspecified atom stereocenters. The number of amides is 1. The van der Waals surface area contributed by atoms with Gasteiger partial charge in [0.1, 0.15) is 6.04 Å². The van der Waals surface area contributed by atoms with Gasteiger partial charge in [0.25, 0.3) is 0 Å². The lowest BCUT2D eigenvalue weighted by molar-refractivity contribution is -0.180. The summed E-state index contributed by atoms with van der Waals surface area (Å²) < 4.78 is 36.5. The summed E-state index contributed by atoms with van der Waals surface area (Å²) in [6.45, 7) is 0. The van der Waals surface area contributed by atoms with Crippen LogP contribution >= 0.6 is 11.3 Å². The van der Waals surface area contributed by atoms with Crippen LogP contribution in [0.1, 0.15) is 21.3 Å². The molecule has 0 N–H and O–H groups in total. The summed E-state index contributed by atoms with van der Waals surface area (Å²) in [6.07, 6.45) is -4.90. The topological polar surface area (TPSA) is 37.1 Å². The minimum atomic E-state index is -4.90. The third-order valence-electron chi connectivity index (χ3n) is 2.79. The van der Waals surface area contributed by atoms with Gasteiger partial charge in [0.2, 0.25) is 0 Å². The molecule has 3 nitrogen and oxygen atoms in total. The van der Waals surface area contributed by atoms with Crippen molar-refractivity contribution in [2.45, 2.75) is 18.3 Å². The molecule has 0 saturated carbocycles. The number of hydrogen-bond donors (Lipinski definition) is 0. The van der Waals surface area contributed by atoms with E-state index in [1.807, 2.05) is 0 Å². The van der Waals surface area contributed by atoms with Gasteiger partial charge in [-0.25, -0.2) is 0 Å². The van der Waals surface area contributed by atoms with Crippen molar-refractivity contribution in [1.82, 2.24) is 4.90 Å². The molecule has 1 amide bonds. The van der Waals surface area contributed by atoms with Crippen LogP contribution in [0.4, 0.5) is 13.2 Å². The summed E-state index contributed by atoms with van der Waals surface area (Å²) in [4.78, 5) is 23.7. The van der Waals surface area contributed by atoms with Gasteiger partial charge in [0.05, 0.1) is 10.9 Å². The molecule has 0 bridgehead atoms. The first kappa shape index (κ1) is 9.83. The van der Waals surface area contributed by atoms with Crippen LogP contribution in [0, 0.1) is 0 Å². The Morgan fingerprint density at radius 3 is 2.69 bits per heavy atom. The van der Waals surface area contributed by atoms with Gasteiger partial charge < -0.3 is 4.90 Å². The number of nitrogens with zero attached hydrogens (tertiary/aromatic N) is 1. The number of alkyl halides is 3. The predicted octanol–water partition coefficient (Wildman–Crippen LogP) is 1.76. The number of halogens is 3. The quantitative estimate of drug-likeness (QED) is 0.655. The van der Waals surface area contributed by atoms with Crippen molar-refractivity contribution < 1.29 is 22.8 Å². The van der Waals surface area contributed by atoms with E-state index in [1.54, 1.807) is 11.4 Å². The second-order valence-electron chi connectivity index (χ2n) is 3.67. The lowest BCUT2D eigenvalue weighted by Crippen LogP contribution is -2.33. The van der Waals surface area contributed by atoms with Crippen LogP contribution in [0.25, 0.3) is 0 Å². The summed E-state index contributed by atoms with van der Waals surface area (Å²) in [5, 5.41) is 1.65. The van der Waals surface area contributed by atoms with Crippen LogP contribution in [0.15, 0.2) is 11.4 Å². The highest BCUT2D eigenvalue weighted by atomic mass is 32.1. The lowest BCUT2D eigenvalue weighted by atomic mass is 10.2. The molecule has 1 fully saturated rings. The Morgan fingerprint density at radius 2 is 2.06 bits per heavy atom. The van der Waals surface area contributed by atoms with E-state index >= 15 is 0 Å². The fourth-order valence-electron chi connectivity index (χ4n) is 2.11. The van der Waals surface area contributed by atoms with E-state index in [9.17, 15) is 22.8 Å². The van der Waals surface area contributed by atoms with Gasteiger partial charge >= 0.3 is 12.1 Å². The van der Waals surface area contributed by atoms with E-state index in [4.69, 9.17) is 0 Å². The third-order valence-corrected chi connectivity index (χ3v) is 3.74. The van der Waals surface area contributed by atoms with Crippen molar-refractivity contribution in [3.8, 4) is 0 Å². The molecule has 2 aliphatic rings. The Bertz CT molecular complexity index is 507. The Hall–Kier alpha value is -1.37. The standard InChI is InChI=1S/C9H4F3NO2S/c10-9(11,12)8(15)13-4-3-1-2-16-7(3)6(14)5(4)13/h1-2,4-5H/t4-,5-,13?/m0/s1. The zero-order chi connectivity index (χ0) is 11.7. The first-order valence-electron chi connectivity index (χ1n) is 4.44. The summed E-state index contributed by atoms with van der Waals surface area (Å²) in [5.41, 5.74) is 0.553. The molecule has 7 heteroatoms. The molecule has 1 aromatic rings. The van der Waals surface area contributed by atoms with Crippen molar-refractivity contribution in [3.05, 3.63) is 21.9 Å². The number of rotatable bonds is 0. The molecule has 0 aromatic carbocycles. The first-order valence-corrected chi connectivity index (χ1v) is 5.32. The van der Waals surface area contributed by atoms with E-state index in [2.05, 4.69) is 0 Å². The Labute approximate surface area is 91.5 Å². The fourth-order valence-corrected chi connectivity index (χ4v) is 3.02. The summed E-state index contributed by atoms with van der Waals surface area (Å²) >= 11 is 1.21. The van der Waals surface area contributed by atoms with Gasteiger partial charge in [-0.3, -0.25) is 9.59 Å². The molecule has 2 atom stereocenters. The molecule has 16 heavy (non-hydrogen) atoms. The first-order chi connectivity index (χ1) is 7.43. The van der Waals surface area contributed by atoms with Gasteiger partial charge in [-0.1, -0.05) is 0 Å². The van der Waals surface area contributed by atoms with E-state index in [-0.39, 0.29) is 5.78 Å². The smallest absolute Gasteiger partial charge is 0.312 e. The number of hydrogen-bond acceptors (Lipinski definition) is 3. The lowest BCUT2D eigenvalue weighted by Gasteiger charge is -2.09. The molecule has 3 rings (SSSR count). The van der Waals surface area contributed by atoms with Gasteiger partial charge in [-0.05, 0) is 17.0 Å². The molecular formula is C9H4F3NO2S. The van der Waals surface area contributed by atoms with Crippen LogP contribution in [-0.2, 0) is 4.79 Å². The van der Waals surface area contributed by atoms with Crippen LogP contribution < -0.4 is 0 Å². The molecular weight excluding hydrogens is 243 g/mol. The van der Waals surface area contributed by atoms with E-state index in [0.717, 1.165) is 0 Å². The Kier molecular flexibility index (Phi) is 1.63. The van der Waals surface area contributed by atoms with Crippen molar-refractivity contribution in [2.24, 2.45) is 0 Å². The number of fused-ring (bicyclic) bond motifs is 3. The van der Waals surface area contributed by atoms with E-state index in [0.29, 0.717) is 15.3 Å². The monoisotopic (exact) mass is 247 g/mol. The van der Waals surface area contributed by atoms with E-state index in [1.165, 1.54) is 11.3 Å². The minimum absolute atomic E-state index is 0.368. The van der Waals surface area contributed by atoms with Gasteiger partial charge in [0, 0.05) is 0 Å². The zero-order valence-electron chi connectivity index (χ0n) is 7.62. The Morgan fingerprint density at radius 1 is 1.38 bits per heavy atom. The highest BCUT2D eigenvalue weighted by Crippen LogP contribution is 2.54. The molecule has 1 aromatic heterocycles. The zero-order valence-corrected chi connectivity index (χ0v) is 8.43. The van der Waals surface area contributed by atoms with Crippen LogP contribution in [0.2, 0.25) is 0 Å².